The van der Waals surface area contributed by atoms with Crippen molar-refractivity contribution in [3.8, 4) is 5.75 Å². The number of aliphatic hydroxyl groups excluding tert-OH is 1. The molecule has 35 heavy (non-hydrogen) atoms. The standard InChI is InChI=1S/C25H28N6O4/c1-5-30(12-13-32)20-9-7-19(8-10-20)26-29-23-15-18(3)22(16-25(23)35-4)28-27-21-11-6-17(2)14-24(21)31(33)34/h6-11,14-16,32H,5,12-13H2,1-4H3. The third kappa shape index (κ3) is 6.45. The van der Waals surface area contributed by atoms with E-state index in [1.54, 1.807) is 31.2 Å². The van der Waals surface area contributed by atoms with E-state index in [2.05, 4.69) is 25.4 Å². The van der Waals surface area contributed by atoms with Gasteiger partial charge >= 0.3 is 0 Å². The van der Waals surface area contributed by atoms with E-state index in [9.17, 15) is 15.2 Å². The molecule has 1 N–H and O–H groups in total. The van der Waals surface area contributed by atoms with Gasteiger partial charge in [0.15, 0.2) is 5.69 Å². The Labute approximate surface area is 203 Å². The second kappa shape index (κ2) is 11.8. The van der Waals surface area contributed by atoms with Crippen molar-refractivity contribution in [3.05, 3.63) is 75.8 Å². The van der Waals surface area contributed by atoms with Crippen LogP contribution in [-0.4, -0.2) is 36.8 Å². The average molecular weight is 477 g/mol. The van der Waals surface area contributed by atoms with Crippen LogP contribution in [0.15, 0.2) is 75.1 Å². The molecule has 0 aliphatic carbocycles. The number of nitro groups is 1. The number of anilines is 1. The van der Waals surface area contributed by atoms with E-state index in [1.165, 1.54) is 13.2 Å². The number of nitrogens with zero attached hydrogens (tertiary/aromatic N) is 6. The van der Waals surface area contributed by atoms with Crippen LogP contribution in [0.2, 0.25) is 0 Å². The molecule has 3 rings (SSSR count). The fourth-order valence-electron chi connectivity index (χ4n) is 3.42. The highest BCUT2D eigenvalue weighted by atomic mass is 16.6. The molecule has 0 fully saturated rings. The minimum atomic E-state index is -0.475. The Hall–Kier alpha value is -4.18. The van der Waals surface area contributed by atoms with Crippen molar-refractivity contribution >= 4 is 34.1 Å². The molecule has 3 aromatic rings. The highest BCUT2D eigenvalue weighted by Gasteiger charge is 2.14. The van der Waals surface area contributed by atoms with E-state index in [1.807, 2.05) is 38.1 Å². The van der Waals surface area contributed by atoms with Crippen molar-refractivity contribution in [3.63, 3.8) is 0 Å². The molecule has 0 saturated heterocycles. The maximum absolute atomic E-state index is 11.3. The highest BCUT2D eigenvalue weighted by molar-refractivity contribution is 5.64. The van der Waals surface area contributed by atoms with E-state index >= 15 is 0 Å². The van der Waals surface area contributed by atoms with Crippen LogP contribution in [-0.2, 0) is 0 Å². The summed E-state index contributed by atoms with van der Waals surface area (Å²) >= 11 is 0. The first-order valence-electron chi connectivity index (χ1n) is 11.1. The van der Waals surface area contributed by atoms with Crippen molar-refractivity contribution in [2.75, 3.05) is 31.7 Å². The number of nitro benzene ring substituents is 1. The predicted octanol–water partition coefficient (Wildman–Crippen LogP) is 6.87. The van der Waals surface area contributed by atoms with Gasteiger partial charge in [-0.15, -0.1) is 15.3 Å². The molecule has 0 bridgehead atoms. The molecule has 0 radical (unpaired) electrons. The molecule has 0 aromatic heterocycles. The third-order valence-corrected chi connectivity index (χ3v) is 5.33. The summed E-state index contributed by atoms with van der Waals surface area (Å²) in [6.45, 7) is 7.09. The largest absolute Gasteiger partial charge is 0.494 e. The second-order valence-corrected chi connectivity index (χ2v) is 7.78. The van der Waals surface area contributed by atoms with Crippen molar-refractivity contribution in [2.24, 2.45) is 20.5 Å². The Morgan fingerprint density at radius 3 is 2.26 bits per heavy atom. The summed E-state index contributed by atoms with van der Waals surface area (Å²) < 4.78 is 5.46. The summed E-state index contributed by atoms with van der Waals surface area (Å²) in [6, 6.07) is 15.8. The van der Waals surface area contributed by atoms with E-state index in [0.29, 0.717) is 29.4 Å². The van der Waals surface area contributed by atoms with Crippen LogP contribution in [0.25, 0.3) is 0 Å². The van der Waals surface area contributed by atoms with Crippen LogP contribution >= 0.6 is 0 Å². The van der Waals surface area contributed by atoms with Crippen molar-refractivity contribution in [1.29, 1.82) is 0 Å². The number of azo groups is 2. The molecule has 0 spiro atoms. The molecular formula is C25H28N6O4. The molecule has 0 aliphatic rings. The first kappa shape index (κ1) is 25.4. The monoisotopic (exact) mass is 476 g/mol. The number of hydrogen-bond donors (Lipinski definition) is 1. The van der Waals surface area contributed by atoms with Gasteiger partial charge in [0, 0.05) is 30.9 Å². The lowest BCUT2D eigenvalue weighted by Gasteiger charge is -2.21. The Bertz CT molecular complexity index is 1240. The minimum absolute atomic E-state index is 0.0892. The van der Waals surface area contributed by atoms with Crippen LogP contribution in [0.3, 0.4) is 0 Å². The number of likely N-dealkylation sites (N-methyl/N-ethyl adjacent to an activating group) is 1. The summed E-state index contributed by atoms with van der Waals surface area (Å²) in [5.41, 5.74) is 4.29. The summed E-state index contributed by atoms with van der Waals surface area (Å²) in [6.07, 6.45) is 0. The van der Waals surface area contributed by atoms with Gasteiger partial charge in [-0.1, -0.05) is 6.07 Å². The lowest BCUT2D eigenvalue weighted by Crippen LogP contribution is -2.25. The van der Waals surface area contributed by atoms with Crippen LogP contribution in [0.5, 0.6) is 5.75 Å². The van der Waals surface area contributed by atoms with Gasteiger partial charge in [-0.25, -0.2) is 0 Å². The molecule has 0 saturated carbocycles. The van der Waals surface area contributed by atoms with Crippen LogP contribution in [0.1, 0.15) is 18.1 Å². The zero-order valence-electron chi connectivity index (χ0n) is 20.2. The van der Waals surface area contributed by atoms with Crippen molar-refractivity contribution in [1.82, 2.24) is 0 Å². The van der Waals surface area contributed by atoms with Crippen LogP contribution in [0, 0.1) is 24.0 Å². The summed E-state index contributed by atoms with van der Waals surface area (Å²) in [5, 5.41) is 37.5. The maximum Gasteiger partial charge on any atom is 0.296 e. The summed E-state index contributed by atoms with van der Waals surface area (Å²) in [7, 11) is 1.52. The Balaban J connectivity index is 1.84. The van der Waals surface area contributed by atoms with Gasteiger partial charge in [-0.3, -0.25) is 10.1 Å². The highest BCUT2D eigenvalue weighted by Crippen LogP contribution is 2.37. The summed E-state index contributed by atoms with van der Waals surface area (Å²) in [4.78, 5) is 12.9. The topological polar surface area (TPSA) is 125 Å². The minimum Gasteiger partial charge on any atom is -0.494 e. The zero-order valence-corrected chi connectivity index (χ0v) is 20.2. The van der Waals surface area contributed by atoms with Gasteiger partial charge in [0.1, 0.15) is 11.4 Å². The van der Waals surface area contributed by atoms with Gasteiger partial charge < -0.3 is 14.7 Å². The fourth-order valence-corrected chi connectivity index (χ4v) is 3.42. The Morgan fingerprint density at radius 2 is 1.63 bits per heavy atom. The Morgan fingerprint density at radius 1 is 0.943 bits per heavy atom. The molecule has 10 nitrogen and oxygen atoms in total. The normalized spacial score (nSPS) is 11.3. The van der Waals surface area contributed by atoms with Gasteiger partial charge in [0.25, 0.3) is 5.69 Å². The second-order valence-electron chi connectivity index (χ2n) is 7.78. The van der Waals surface area contributed by atoms with Gasteiger partial charge in [-0.05, 0) is 68.3 Å². The SMILES string of the molecule is CCN(CCO)c1ccc(N=Nc2cc(C)c(N=Nc3ccc(C)cc3[N+](=O)[O-])cc2OC)cc1. The lowest BCUT2D eigenvalue weighted by atomic mass is 10.1. The number of benzene rings is 3. The van der Waals surface area contributed by atoms with Crippen LogP contribution < -0.4 is 9.64 Å². The molecule has 0 amide bonds. The molecular weight excluding hydrogens is 448 g/mol. The molecule has 182 valence electrons. The number of hydrogen-bond acceptors (Lipinski definition) is 9. The number of ether oxygens (including phenoxy) is 1. The number of aliphatic hydroxyl groups is 1. The van der Waals surface area contributed by atoms with Gasteiger partial charge in [0.2, 0.25) is 0 Å². The molecule has 3 aromatic carbocycles. The number of aryl methyl sites for hydroxylation is 2. The maximum atomic E-state index is 11.3. The predicted molar refractivity (Wildman–Crippen MR) is 135 cm³/mol. The molecule has 0 aliphatic heterocycles. The number of rotatable bonds is 10. The van der Waals surface area contributed by atoms with E-state index in [-0.39, 0.29) is 18.0 Å². The average Bonchev–Trinajstić information content (AvgIpc) is 2.86. The first-order valence-corrected chi connectivity index (χ1v) is 11.1. The van der Waals surface area contributed by atoms with Crippen molar-refractivity contribution in [2.45, 2.75) is 20.8 Å². The zero-order chi connectivity index (χ0) is 25.4. The van der Waals surface area contributed by atoms with Crippen molar-refractivity contribution < 1.29 is 14.8 Å². The number of methoxy groups -OCH3 is 1. The Kier molecular flexibility index (Phi) is 8.58. The molecule has 0 heterocycles. The lowest BCUT2D eigenvalue weighted by molar-refractivity contribution is -0.384. The first-order chi connectivity index (χ1) is 16.9. The third-order valence-electron chi connectivity index (χ3n) is 5.33. The molecule has 0 atom stereocenters. The molecule has 0 unspecified atom stereocenters. The summed E-state index contributed by atoms with van der Waals surface area (Å²) in [5.74, 6) is 0.448. The smallest absolute Gasteiger partial charge is 0.296 e. The van der Waals surface area contributed by atoms with Gasteiger partial charge in [-0.2, -0.15) is 5.11 Å². The van der Waals surface area contributed by atoms with E-state index in [0.717, 1.165) is 23.4 Å². The fraction of sp³-hybridized carbons (Fsp3) is 0.280. The van der Waals surface area contributed by atoms with E-state index < -0.39 is 4.92 Å². The molecule has 10 heteroatoms. The quantitative estimate of drug-likeness (QED) is 0.194. The van der Waals surface area contributed by atoms with E-state index in [4.69, 9.17) is 4.74 Å². The van der Waals surface area contributed by atoms with Gasteiger partial charge in [0.05, 0.1) is 30.0 Å². The van der Waals surface area contributed by atoms with Crippen LogP contribution in [0.4, 0.5) is 34.1 Å².